The summed E-state index contributed by atoms with van der Waals surface area (Å²) < 4.78 is 1.06. The Hall–Kier alpha value is -1.39. The molecule has 0 saturated carbocycles. The minimum absolute atomic E-state index is 0.0303. The van der Waals surface area contributed by atoms with Gasteiger partial charge >= 0.3 is 0 Å². The maximum absolute atomic E-state index is 12.1. The molecule has 0 radical (unpaired) electrons. The molecule has 1 heterocycles. The number of hydrogen-bond acceptors (Lipinski definition) is 2. The first kappa shape index (κ1) is 12.6. The maximum Gasteiger partial charge on any atom is 0.243 e. The predicted molar refractivity (Wildman–Crippen MR) is 81.2 cm³/mol. The Kier molecular flexibility index (Phi) is 3.29. The third-order valence-electron chi connectivity index (χ3n) is 3.58. The van der Waals surface area contributed by atoms with Gasteiger partial charge in [-0.3, -0.25) is 4.79 Å². The van der Waals surface area contributed by atoms with Crippen LogP contribution in [0.15, 0.2) is 40.9 Å². The van der Waals surface area contributed by atoms with Gasteiger partial charge in [-0.25, -0.2) is 0 Å². The van der Waals surface area contributed by atoms with Crippen molar-refractivity contribution in [1.82, 2.24) is 0 Å². The standard InChI is InChI=1S/C15H15BrN2O/c16-12-5-3-11-9-13(6-4-10(11)8-12)18-7-1-2-14(17)15(18)19/h3-6,8-9,14H,1-2,7,17H2. The number of fused-ring (bicyclic) bond motifs is 1. The van der Waals surface area contributed by atoms with Crippen LogP contribution in [0.4, 0.5) is 5.69 Å². The van der Waals surface area contributed by atoms with E-state index in [2.05, 4.69) is 34.1 Å². The number of carbonyl (C=O) groups excluding carboxylic acids is 1. The SMILES string of the molecule is NC1CCCN(c2ccc3cc(Br)ccc3c2)C1=O. The number of carbonyl (C=O) groups is 1. The summed E-state index contributed by atoms with van der Waals surface area (Å²) in [6, 6.07) is 11.9. The van der Waals surface area contributed by atoms with Crippen molar-refractivity contribution in [3.8, 4) is 0 Å². The van der Waals surface area contributed by atoms with Crippen LogP contribution in [-0.2, 0) is 4.79 Å². The highest BCUT2D eigenvalue weighted by molar-refractivity contribution is 9.10. The van der Waals surface area contributed by atoms with E-state index in [4.69, 9.17) is 5.73 Å². The number of halogens is 1. The Bertz CT molecular complexity index is 641. The molecule has 1 aliphatic heterocycles. The van der Waals surface area contributed by atoms with E-state index in [1.807, 2.05) is 18.2 Å². The van der Waals surface area contributed by atoms with Crippen molar-refractivity contribution >= 4 is 38.3 Å². The molecule has 1 fully saturated rings. The molecule has 2 aromatic rings. The van der Waals surface area contributed by atoms with Crippen molar-refractivity contribution in [2.24, 2.45) is 5.73 Å². The number of piperidine rings is 1. The van der Waals surface area contributed by atoms with Gasteiger partial charge in [-0.2, -0.15) is 0 Å². The molecule has 0 bridgehead atoms. The van der Waals surface area contributed by atoms with Gasteiger partial charge in [-0.15, -0.1) is 0 Å². The van der Waals surface area contributed by atoms with Crippen LogP contribution in [0.3, 0.4) is 0 Å². The van der Waals surface area contributed by atoms with Gasteiger partial charge in [-0.1, -0.05) is 28.1 Å². The number of benzene rings is 2. The zero-order chi connectivity index (χ0) is 13.4. The van der Waals surface area contributed by atoms with Gasteiger partial charge in [0, 0.05) is 16.7 Å². The van der Waals surface area contributed by atoms with E-state index < -0.39 is 0 Å². The number of amides is 1. The van der Waals surface area contributed by atoms with Gasteiger partial charge in [0.05, 0.1) is 6.04 Å². The summed E-state index contributed by atoms with van der Waals surface area (Å²) in [5, 5.41) is 2.29. The summed E-state index contributed by atoms with van der Waals surface area (Å²) in [5.74, 6) is 0.0303. The smallest absolute Gasteiger partial charge is 0.243 e. The first-order valence-corrected chi connectivity index (χ1v) is 7.21. The molecule has 1 unspecified atom stereocenters. The van der Waals surface area contributed by atoms with E-state index in [1.165, 1.54) is 0 Å². The average molecular weight is 319 g/mol. The summed E-state index contributed by atoms with van der Waals surface area (Å²) in [5.41, 5.74) is 6.78. The summed E-state index contributed by atoms with van der Waals surface area (Å²) >= 11 is 3.46. The molecule has 3 rings (SSSR count). The second kappa shape index (κ2) is 4.94. The molecule has 0 aliphatic carbocycles. The fourth-order valence-corrected chi connectivity index (χ4v) is 2.91. The number of nitrogens with zero attached hydrogens (tertiary/aromatic N) is 1. The Morgan fingerprint density at radius 1 is 1.16 bits per heavy atom. The van der Waals surface area contributed by atoms with E-state index in [1.54, 1.807) is 4.90 Å². The van der Waals surface area contributed by atoms with Crippen molar-refractivity contribution in [3.63, 3.8) is 0 Å². The number of hydrogen-bond donors (Lipinski definition) is 1. The van der Waals surface area contributed by atoms with Gasteiger partial charge in [0.25, 0.3) is 0 Å². The van der Waals surface area contributed by atoms with Gasteiger partial charge < -0.3 is 10.6 Å². The molecule has 1 atom stereocenters. The van der Waals surface area contributed by atoms with Crippen LogP contribution >= 0.6 is 15.9 Å². The minimum Gasteiger partial charge on any atom is -0.320 e. The largest absolute Gasteiger partial charge is 0.320 e. The van der Waals surface area contributed by atoms with Gasteiger partial charge in [-0.05, 0) is 47.9 Å². The Balaban J connectivity index is 2.01. The molecule has 3 nitrogen and oxygen atoms in total. The van der Waals surface area contributed by atoms with Gasteiger partial charge in [0.2, 0.25) is 5.91 Å². The molecular weight excluding hydrogens is 304 g/mol. The maximum atomic E-state index is 12.1. The average Bonchev–Trinajstić information content (AvgIpc) is 2.41. The van der Waals surface area contributed by atoms with Crippen molar-refractivity contribution < 1.29 is 4.79 Å². The monoisotopic (exact) mass is 318 g/mol. The van der Waals surface area contributed by atoms with Crippen LogP contribution in [0.25, 0.3) is 10.8 Å². The van der Waals surface area contributed by atoms with E-state index in [-0.39, 0.29) is 11.9 Å². The first-order chi connectivity index (χ1) is 9.15. The molecule has 2 aromatic carbocycles. The van der Waals surface area contributed by atoms with Crippen LogP contribution in [0.2, 0.25) is 0 Å². The van der Waals surface area contributed by atoms with Crippen molar-refractivity contribution in [2.45, 2.75) is 18.9 Å². The third kappa shape index (κ3) is 2.38. The molecule has 19 heavy (non-hydrogen) atoms. The Labute approximate surface area is 120 Å². The zero-order valence-electron chi connectivity index (χ0n) is 10.5. The zero-order valence-corrected chi connectivity index (χ0v) is 12.1. The van der Waals surface area contributed by atoms with Gasteiger partial charge in [0.15, 0.2) is 0 Å². The van der Waals surface area contributed by atoms with Crippen LogP contribution in [0, 0.1) is 0 Å². The summed E-state index contributed by atoms with van der Waals surface area (Å²) in [6.07, 6.45) is 1.75. The lowest BCUT2D eigenvalue weighted by atomic mass is 10.0. The second-order valence-electron chi connectivity index (χ2n) is 4.91. The predicted octanol–water partition coefficient (Wildman–Crippen LogP) is 3.06. The van der Waals surface area contributed by atoms with E-state index in [9.17, 15) is 4.79 Å². The fraction of sp³-hybridized carbons (Fsp3) is 0.267. The Morgan fingerprint density at radius 2 is 1.89 bits per heavy atom. The van der Waals surface area contributed by atoms with Crippen LogP contribution < -0.4 is 10.6 Å². The fourth-order valence-electron chi connectivity index (χ4n) is 2.53. The third-order valence-corrected chi connectivity index (χ3v) is 4.07. The molecule has 98 valence electrons. The number of rotatable bonds is 1. The highest BCUT2D eigenvalue weighted by Crippen LogP contribution is 2.27. The Morgan fingerprint density at radius 3 is 2.74 bits per heavy atom. The van der Waals surface area contributed by atoms with Crippen LogP contribution in [-0.4, -0.2) is 18.5 Å². The van der Waals surface area contributed by atoms with Crippen LogP contribution in [0.1, 0.15) is 12.8 Å². The quantitative estimate of drug-likeness (QED) is 0.878. The normalized spacial score (nSPS) is 20.0. The number of anilines is 1. The molecule has 2 N–H and O–H groups in total. The second-order valence-corrected chi connectivity index (χ2v) is 5.83. The van der Waals surface area contributed by atoms with E-state index in [0.717, 1.165) is 40.3 Å². The highest BCUT2D eigenvalue weighted by atomic mass is 79.9. The molecule has 1 amide bonds. The number of nitrogens with two attached hydrogens (primary N) is 1. The van der Waals surface area contributed by atoms with Crippen molar-refractivity contribution in [3.05, 3.63) is 40.9 Å². The topological polar surface area (TPSA) is 46.3 Å². The summed E-state index contributed by atoms with van der Waals surface area (Å²) in [4.78, 5) is 13.9. The highest BCUT2D eigenvalue weighted by Gasteiger charge is 2.26. The van der Waals surface area contributed by atoms with Crippen molar-refractivity contribution in [1.29, 1.82) is 0 Å². The molecule has 1 saturated heterocycles. The lowest BCUT2D eigenvalue weighted by Crippen LogP contribution is -2.48. The van der Waals surface area contributed by atoms with E-state index in [0.29, 0.717) is 0 Å². The van der Waals surface area contributed by atoms with Gasteiger partial charge in [0.1, 0.15) is 0 Å². The first-order valence-electron chi connectivity index (χ1n) is 6.41. The molecule has 1 aliphatic rings. The summed E-state index contributed by atoms with van der Waals surface area (Å²) in [6.45, 7) is 0.759. The van der Waals surface area contributed by atoms with Crippen molar-refractivity contribution in [2.75, 3.05) is 11.4 Å². The van der Waals surface area contributed by atoms with Crippen LogP contribution in [0.5, 0.6) is 0 Å². The molecule has 4 heteroatoms. The van der Waals surface area contributed by atoms with E-state index >= 15 is 0 Å². The summed E-state index contributed by atoms with van der Waals surface area (Å²) in [7, 11) is 0. The lowest BCUT2D eigenvalue weighted by molar-refractivity contribution is -0.120. The minimum atomic E-state index is -0.352. The molecule has 0 aromatic heterocycles. The molecule has 0 spiro atoms. The molecular formula is C15H15BrN2O. The lowest BCUT2D eigenvalue weighted by Gasteiger charge is -2.30.